The van der Waals surface area contributed by atoms with Crippen molar-refractivity contribution in [2.45, 2.75) is 32.6 Å². The number of nitrogens with one attached hydrogen (secondary N) is 3. The number of unbranched alkanes of at least 4 members (excludes halogenated alkanes) is 2. The van der Waals surface area contributed by atoms with Gasteiger partial charge in [0.05, 0.1) is 0 Å². The lowest BCUT2D eigenvalue weighted by molar-refractivity contribution is -0.116. The molecule has 2 rings (SSSR count). The molecule has 6 heteroatoms. The first-order chi connectivity index (χ1) is 12.1. The summed E-state index contributed by atoms with van der Waals surface area (Å²) in [6, 6.07) is 13.6. The summed E-state index contributed by atoms with van der Waals surface area (Å²) in [5.41, 5.74) is 1.85. The van der Waals surface area contributed by atoms with E-state index in [-0.39, 0.29) is 11.9 Å². The van der Waals surface area contributed by atoms with Crippen molar-refractivity contribution in [3.05, 3.63) is 53.6 Å². The molecule has 0 atom stereocenters. The van der Waals surface area contributed by atoms with Crippen LogP contribution in [0.5, 0.6) is 0 Å². The molecule has 0 radical (unpaired) electrons. The number of anilines is 3. The Morgan fingerprint density at radius 2 is 1.48 bits per heavy atom. The molecule has 25 heavy (non-hydrogen) atoms. The molecule has 0 saturated carbocycles. The predicted octanol–water partition coefficient (Wildman–Crippen LogP) is 5.50. The van der Waals surface area contributed by atoms with Crippen molar-refractivity contribution in [1.82, 2.24) is 0 Å². The average Bonchev–Trinajstić information content (AvgIpc) is 2.55. The number of rotatable bonds is 7. The van der Waals surface area contributed by atoms with Crippen LogP contribution in [0.2, 0.25) is 5.02 Å². The minimum atomic E-state index is -0.381. The molecule has 0 spiro atoms. The predicted molar refractivity (Wildman–Crippen MR) is 103 cm³/mol. The molecule has 0 unspecified atom stereocenters. The summed E-state index contributed by atoms with van der Waals surface area (Å²) in [7, 11) is 0. The van der Waals surface area contributed by atoms with Gasteiger partial charge in [-0.05, 0) is 42.8 Å². The maximum absolute atomic E-state index is 12.0. The van der Waals surface area contributed by atoms with Crippen molar-refractivity contribution >= 4 is 40.6 Å². The van der Waals surface area contributed by atoms with Crippen LogP contribution < -0.4 is 16.0 Å². The fourth-order valence-corrected chi connectivity index (χ4v) is 2.48. The van der Waals surface area contributed by atoms with Gasteiger partial charge in [0.25, 0.3) is 0 Å². The fraction of sp³-hybridized carbons (Fsp3) is 0.263. The summed E-state index contributed by atoms with van der Waals surface area (Å²) in [5.74, 6) is -0.0195. The van der Waals surface area contributed by atoms with Gasteiger partial charge in [0, 0.05) is 28.5 Å². The van der Waals surface area contributed by atoms with E-state index in [2.05, 4.69) is 22.9 Å². The third-order valence-electron chi connectivity index (χ3n) is 3.49. The highest BCUT2D eigenvalue weighted by Crippen LogP contribution is 2.18. The number of carbonyl (C=O) groups excluding carboxylic acids is 2. The standard InChI is InChI=1S/C19H22ClN3O2/c1-2-3-4-11-18(24)21-16-9-6-10-17(13-16)23-19(25)22-15-8-5-7-14(20)12-15/h5-10,12-13H,2-4,11H2,1H3,(H,21,24)(H2,22,23,25). The van der Waals surface area contributed by atoms with Gasteiger partial charge >= 0.3 is 6.03 Å². The third-order valence-corrected chi connectivity index (χ3v) is 3.73. The minimum absolute atomic E-state index is 0.0195. The molecule has 2 aromatic rings. The monoisotopic (exact) mass is 359 g/mol. The Morgan fingerprint density at radius 3 is 2.12 bits per heavy atom. The van der Waals surface area contributed by atoms with Gasteiger partial charge in [-0.1, -0.05) is 43.5 Å². The summed E-state index contributed by atoms with van der Waals surface area (Å²) in [4.78, 5) is 23.9. The quantitative estimate of drug-likeness (QED) is 0.571. The van der Waals surface area contributed by atoms with Crippen molar-refractivity contribution in [2.24, 2.45) is 0 Å². The van der Waals surface area contributed by atoms with E-state index >= 15 is 0 Å². The molecule has 0 aliphatic carbocycles. The molecular formula is C19H22ClN3O2. The van der Waals surface area contributed by atoms with Crippen molar-refractivity contribution in [3.63, 3.8) is 0 Å². The molecule has 2 aromatic carbocycles. The maximum atomic E-state index is 12.0. The Kier molecular flexibility index (Phi) is 7.29. The molecular weight excluding hydrogens is 338 g/mol. The molecule has 0 aromatic heterocycles. The molecule has 5 nitrogen and oxygen atoms in total. The number of hydrogen-bond acceptors (Lipinski definition) is 2. The highest BCUT2D eigenvalue weighted by molar-refractivity contribution is 6.30. The van der Waals surface area contributed by atoms with E-state index in [1.165, 1.54) is 0 Å². The number of carbonyl (C=O) groups is 2. The number of urea groups is 1. The van der Waals surface area contributed by atoms with Crippen LogP contribution in [0.1, 0.15) is 32.6 Å². The van der Waals surface area contributed by atoms with Gasteiger partial charge in [-0.3, -0.25) is 4.79 Å². The molecule has 0 aliphatic rings. The topological polar surface area (TPSA) is 70.2 Å². The summed E-state index contributed by atoms with van der Waals surface area (Å²) in [5, 5.41) is 8.83. The summed E-state index contributed by atoms with van der Waals surface area (Å²) in [6.07, 6.45) is 3.50. The van der Waals surface area contributed by atoms with Crippen molar-refractivity contribution < 1.29 is 9.59 Å². The lowest BCUT2D eigenvalue weighted by atomic mass is 10.2. The summed E-state index contributed by atoms with van der Waals surface area (Å²) < 4.78 is 0. The summed E-state index contributed by atoms with van der Waals surface area (Å²) >= 11 is 5.89. The minimum Gasteiger partial charge on any atom is -0.326 e. The van der Waals surface area contributed by atoms with E-state index in [4.69, 9.17) is 11.6 Å². The lowest BCUT2D eigenvalue weighted by Crippen LogP contribution is -2.19. The smallest absolute Gasteiger partial charge is 0.323 e. The van der Waals surface area contributed by atoms with Gasteiger partial charge in [0.2, 0.25) is 5.91 Å². The van der Waals surface area contributed by atoms with Gasteiger partial charge in [-0.25, -0.2) is 4.79 Å². The van der Waals surface area contributed by atoms with Crippen LogP contribution in [0.3, 0.4) is 0 Å². The molecule has 3 N–H and O–H groups in total. The van der Waals surface area contributed by atoms with E-state index in [1.54, 1.807) is 48.5 Å². The van der Waals surface area contributed by atoms with E-state index < -0.39 is 0 Å². The second-order valence-corrected chi connectivity index (χ2v) is 6.11. The van der Waals surface area contributed by atoms with Crippen molar-refractivity contribution in [2.75, 3.05) is 16.0 Å². The van der Waals surface area contributed by atoms with Crippen molar-refractivity contribution in [3.8, 4) is 0 Å². The highest BCUT2D eigenvalue weighted by atomic mass is 35.5. The maximum Gasteiger partial charge on any atom is 0.323 e. The zero-order valence-electron chi connectivity index (χ0n) is 14.1. The SMILES string of the molecule is CCCCCC(=O)Nc1cccc(NC(=O)Nc2cccc(Cl)c2)c1. The Hall–Kier alpha value is -2.53. The van der Waals surface area contributed by atoms with Crippen LogP contribution in [-0.4, -0.2) is 11.9 Å². The van der Waals surface area contributed by atoms with Gasteiger partial charge < -0.3 is 16.0 Å². The van der Waals surface area contributed by atoms with Gasteiger partial charge in [-0.2, -0.15) is 0 Å². The number of halogens is 1. The first-order valence-corrected chi connectivity index (χ1v) is 8.68. The van der Waals surface area contributed by atoms with E-state index in [0.29, 0.717) is 28.5 Å². The largest absolute Gasteiger partial charge is 0.326 e. The van der Waals surface area contributed by atoms with Crippen LogP contribution in [0.25, 0.3) is 0 Å². The number of benzene rings is 2. The van der Waals surface area contributed by atoms with Crippen molar-refractivity contribution in [1.29, 1.82) is 0 Å². The van der Waals surface area contributed by atoms with Crippen LogP contribution in [0.15, 0.2) is 48.5 Å². The van der Waals surface area contributed by atoms with E-state index in [0.717, 1.165) is 19.3 Å². The molecule has 0 bridgehead atoms. The van der Waals surface area contributed by atoms with Crippen LogP contribution in [-0.2, 0) is 4.79 Å². The van der Waals surface area contributed by atoms with Crippen LogP contribution in [0, 0.1) is 0 Å². The first kappa shape index (κ1) is 18.8. The van der Waals surface area contributed by atoms with E-state index in [1.807, 2.05) is 0 Å². The van der Waals surface area contributed by atoms with E-state index in [9.17, 15) is 9.59 Å². The second kappa shape index (κ2) is 9.69. The highest BCUT2D eigenvalue weighted by Gasteiger charge is 2.06. The lowest BCUT2D eigenvalue weighted by Gasteiger charge is -2.10. The van der Waals surface area contributed by atoms with Crippen LogP contribution >= 0.6 is 11.6 Å². The first-order valence-electron chi connectivity index (χ1n) is 8.30. The molecule has 0 heterocycles. The third kappa shape index (κ3) is 6.85. The zero-order valence-corrected chi connectivity index (χ0v) is 14.9. The molecule has 132 valence electrons. The Balaban J connectivity index is 1.90. The Bertz CT molecular complexity index is 734. The number of hydrogen-bond donors (Lipinski definition) is 3. The Labute approximate surface area is 152 Å². The summed E-state index contributed by atoms with van der Waals surface area (Å²) in [6.45, 7) is 2.10. The Morgan fingerprint density at radius 1 is 0.880 bits per heavy atom. The average molecular weight is 360 g/mol. The normalized spacial score (nSPS) is 10.2. The fourth-order valence-electron chi connectivity index (χ4n) is 2.29. The van der Waals surface area contributed by atoms with Crippen LogP contribution in [0.4, 0.5) is 21.9 Å². The molecule has 3 amide bonds. The second-order valence-electron chi connectivity index (χ2n) is 5.68. The number of amides is 3. The zero-order chi connectivity index (χ0) is 18.1. The molecule has 0 fully saturated rings. The van der Waals surface area contributed by atoms with Gasteiger partial charge in [0.15, 0.2) is 0 Å². The molecule has 0 aliphatic heterocycles. The molecule has 0 saturated heterocycles. The van der Waals surface area contributed by atoms with Gasteiger partial charge in [-0.15, -0.1) is 0 Å². The van der Waals surface area contributed by atoms with Gasteiger partial charge in [0.1, 0.15) is 0 Å².